The SMILES string of the molecule is Cc1cc(N2CCC(CCl)CC2)n2ncnc2n1. The smallest absolute Gasteiger partial charge is 0.254 e. The number of anilines is 1. The van der Waals surface area contributed by atoms with Gasteiger partial charge in [-0.05, 0) is 25.7 Å². The average molecular weight is 266 g/mol. The van der Waals surface area contributed by atoms with E-state index in [0.717, 1.165) is 43.3 Å². The number of halogens is 1. The van der Waals surface area contributed by atoms with Gasteiger partial charge in [0.05, 0.1) is 0 Å². The zero-order valence-corrected chi connectivity index (χ0v) is 11.1. The van der Waals surface area contributed by atoms with Gasteiger partial charge in [0, 0.05) is 30.7 Å². The first-order chi connectivity index (χ1) is 8.78. The highest BCUT2D eigenvalue weighted by molar-refractivity contribution is 6.18. The predicted octanol–water partition coefficient (Wildman–Crippen LogP) is 1.89. The van der Waals surface area contributed by atoms with Gasteiger partial charge < -0.3 is 4.90 Å². The molecule has 0 atom stereocenters. The van der Waals surface area contributed by atoms with Crippen LogP contribution < -0.4 is 4.90 Å². The molecule has 6 heteroatoms. The number of hydrogen-bond donors (Lipinski definition) is 0. The molecule has 0 bridgehead atoms. The first-order valence-electron chi connectivity index (χ1n) is 6.26. The lowest BCUT2D eigenvalue weighted by molar-refractivity contribution is 0.439. The summed E-state index contributed by atoms with van der Waals surface area (Å²) in [6, 6.07) is 2.07. The minimum absolute atomic E-state index is 0.650. The fraction of sp³-hybridized carbons (Fsp3) is 0.583. The van der Waals surface area contributed by atoms with Crippen LogP contribution in [0.4, 0.5) is 5.82 Å². The van der Waals surface area contributed by atoms with Crippen LogP contribution in [0.3, 0.4) is 0 Å². The van der Waals surface area contributed by atoms with Crippen molar-refractivity contribution in [1.29, 1.82) is 0 Å². The van der Waals surface area contributed by atoms with Crippen LogP contribution >= 0.6 is 11.6 Å². The van der Waals surface area contributed by atoms with Gasteiger partial charge in [-0.25, -0.2) is 4.98 Å². The van der Waals surface area contributed by atoms with Crippen molar-refractivity contribution in [3.8, 4) is 0 Å². The van der Waals surface area contributed by atoms with Crippen LogP contribution in [0.5, 0.6) is 0 Å². The quantitative estimate of drug-likeness (QED) is 0.778. The Bertz CT molecular complexity index is 544. The standard InChI is InChI=1S/C12H16ClN5/c1-9-6-11(18-12(16-9)14-8-15-18)17-4-2-10(7-13)3-5-17/h6,8,10H,2-5,7H2,1H3. The van der Waals surface area contributed by atoms with E-state index in [1.54, 1.807) is 6.33 Å². The molecule has 0 N–H and O–H groups in total. The summed E-state index contributed by atoms with van der Waals surface area (Å²) in [5.41, 5.74) is 0.977. The Morgan fingerprint density at radius 3 is 2.89 bits per heavy atom. The van der Waals surface area contributed by atoms with E-state index in [9.17, 15) is 0 Å². The Morgan fingerprint density at radius 1 is 1.39 bits per heavy atom. The minimum atomic E-state index is 0.650. The summed E-state index contributed by atoms with van der Waals surface area (Å²) < 4.78 is 1.81. The summed E-state index contributed by atoms with van der Waals surface area (Å²) in [4.78, 5) is 10.9. The molecule has 0 aromatic carbocycles. The summed E-state index contributed by atoms with van der Waals surface area (Å²) >= 11 is 5.92. The summed E-state index contributed by atoms with van der Waals surface area (Å²) in [6.45, 7) is 4.04. The fourth-order valence-corrected chi connectivity index (χ4v) is 2.76. The summed E-state index contributed by atoms with van der Waals surface area (Å²) in [7, 11) is 0. The predicted molar refractivity (Wildman–Crippen MR) is 71.2 cm³/mol. The Morgan fingerprint density at radius 2 is 2.17 bits per heavy atom. The molecule has 2 aromatic heterocycles. The third-order valence-electron chi connectivity index (χ3n) is 3.52. The molecule has 5 nitrogen and oxygen atoms in total. The monoisotopic (exact) mass is 265 g/mol. The largest absolute Gasteiger partial charge is 0.356 e. The van der Waals surface area contributed by atoms with Crippen molar-refractivity contribution in [2.75, 3.05) is 23.9 Å². The van der Waals surface area contributed by atoms with Gasteiger partial charge in [0.15, 0.2) is 0 Å². The van der Waals surface area contributed by atoms with Crippen LogP contribution in [0, 0.1) is 12.8 Å². The zero-order valence-electron chi connectivity index (χ0n) is 10.4. The highest BCUT2D eigenvalue weighted by atomic mass is 35.5. The highest BCUT2D eigenvalue weighted by Gasteiger charge is 2.21. The van der Waals surface area contributed by atoms with Gasteiger partial charge in [-0.1, -0.05) is 0 Å². The van der Waals surface area contributed by atoms with Crippen molar-refractivity contribution in [3.05, 3.63) is 18.1 Å². The maximum absolute atomic E-state index is 5.92. The van der Waals surface area contributed by atoms with Gasteiger partial charge in [-0.2, -0.15) is 14.6 Å². The molecule has 0 unspecified atom stereocenters. The molecule has 0 aliphatic carbocycles. The van der Waals surface area contributed by atoms with E-state index >= 15 is 0 Å². The second kappa shape index (κ2) is 4.72. The van der Waals surface area contributed by atoms with E-state index in [2.05, 4.69) is 26.0 Å². The normalized spacial score (nSPS) is 17.6. The molecule has 1 aliphatic rings. The van der Waals surface area contributed by atoms with Crippen molar-refractivity contribution in [1.82, 2.24) is 19.6 Å². The van der Waals surface area contributed by atoms with Crippen molar-refractivity contribution in [2.45, 2.75) is 19.8 Å². The first-order valence-corrected chi connectivity index (χ1v) is 6.79. The van der Waals surface area contributed by atoms with Crippen LogP contribution in [-0.2, 0) is 0 Å². The van der Waals surface area contributed by atoms with Gasteiger partial charge in [0.2, 0.25) is 0 Å². The Kier molecular flexibility index (Phi) is 3.07. The maximum Gasteiger partial charge on any atom is 0.254 e. The van der Waals surface area contributed by atoms with Gasteiger partial charge in [-0.15, -0.1) is 11.6 Å². The number of aryl methyl sites for hydroxylation is 1. The Labute approximate surface area is 111 Å². The van der Waals surface area contributed by atoms with Gasteiger partial charge in [-0.3, -0.25) is 0 Å². The van der Waals surface area contributed by atoms with Crippen LogP contribution in [0.15, 0.2) is 12.4 Å². The molecule has 1 fully saturated rings. The van der Waals surface area contributed by atoms with Crippen LogP contribution in [-0.4, -0.2) is 38.6 Å². The van der Waals surface area contributed by atoms with E-state index < -0.39 is 0 Å². The molecule has 1 aliphatic heterocycles. The summed E-state index contributed by atoms with van der Waals surface area (Å²) in [6.07, 6.45) is 3.83. The lowest BCUT2D eigenvalue weighted by Crippen LogP contribution is -2.35. The molecule has 18 heavy (non-hydrogen) atoms. The molecule has 3 heterocycles. The molecule has 0 saturated carbocycles. The highest BCUT2D eigenvalue weighted by Crippen LogP contribution is 2.24. The van der Waals surface area contributed by atoms with Crippen LogP contribution in [0.1, 0.15) is 18.5 Å². The Balaban J connectivity index is 1.92. The molecule has 96 valence electrons. The van der Waals surface area contributed by atoms with Crippen molar-refractivity contribution in [2.24, 2.45) is 5.92 Å². The van der Waals surface area contributed by atoms with E-state index in [1.165, 1.54) is 0 Å². The number of alkyl halides is 1. The molecular weight excluding hydrogens is 250 g/mol. The van der Waals surface area contributed by atoms with Crippen LogP contribution in [0.25, 0.3) is 5.78 Å². The minimum Gasteiger partial charge on any atom is -0.356 e. The molecule has 3 rings (SSSR count). The van der Waals surface area contributed by atoms with Crippen molar-refractivity contribution in [3.63, 3.8) is 0 Å². The lowest BCUT2D eigenvalue weighted by atomic mass is 9.99. The third kappa shape index (κ3) is 2.03. The summed E-state index contributed by atoms with van der Waals surface area (Å²) in [5.74, 6) is 3.17. The zero-order chi connectivity index (χ0) is 12.5. The van der Waals surface area contributed by atoms with Crippen LogP contribution in [0.2, 0.25) is 0 Å². The fourth-order valence-electron chi connectivity index (χ4n) is 2.45. The average Bonchev–Trinajstić information content (AvgIpc) is 2.86. The molecular formula is C12H16ClN5. The third-order valence-corrected chi connectivity index (χ3v) is 3.95. The topological polar surface area (TPSA) is 46.3 Å². The number of piperidine rings is 1. The molecule has 0 radical (unpaired) electrons. The van der Waals surface area contributed by atoms with E-state index in [1.807, 2.05) is 11.4 Å². The van der Waals surface area contributed by atoms with Gasteiger partial charge in [0.25, 0.3) is 5.78 Å². The number of aromatic nitrogens is 4. The van der Waals surface area contributed by atoms with Crippen molar-refractivity contribution < 1.29 is 0 Å². The molecule has 1 saturated heterocycles. The number of fused-ring (bicyclic) bond motifs is 1. The number of nitrogens with zero attached hydrogens (tertiary/aromatic N) is 5. The molecule has 0 amide bonds. The molecule has 2 aromatic rings. The van der Waals surface area contributed by atoms with E-state index in [0.29, 0.717) is 11.7 Å². The number of hydrogen-bond acceptors (Lipinski definition) is 4. The second-order valence-electron chi connectivity index (χ2n) is 4.81. The summed E-state index contributed by atoms with van der Waals surface area (Å²) in [5, 5.41) is 4.25. The first kappa shape index (κ1) is 11.7. The lowest BCUT2D eigenvalue weighted by Gasteiger charge is -2.32. The Hall–Kier alpha value is -1.36. The maximum atomic E-state index is 5.92. The van der Waals surface area contributed by atoms with Gasteiger partial charge in [0.1, 0.15) is 12.1 Å². The van der Waals surface area contributed by atoms with E-state index in [4.69, 9.17) is 11.6 Å². The van der Waals surface area contributed by atoms with Crippen molar-refractivity contribution >= 4 is 23.2 Å². The molecule has 0 spiro atoms. The van der Waals surface area contributed by atoms with Gasteiger partial charge >= 0.3 is 0 Å². The second-order valence-corrected chi connectivity index (χ2v) is 5.12. The van der Waals surface area contributed by atoms with E-state index in [-0.39, 0.29) is 0 Å². The number of rotatable bonds is 2.